The van der Waals surface area contributed by atoms with Gasteiger partial charge in [0.2, 0.25) is 0 Å². The van der Waals surface area contributed by atoms with Crippen molar-refractivity contribution in [2.75, 3.05) is 11.9 Å². The molecule has 1 amide bonds. The number of anilines is 1. The lowest BCUT2D eigenvalue weighted by Crippen LogP contribution is -2.20. The third-order valence-corrected chi connectivity index (χ3v) is 5.65. The molecule has 1 atom stereocenters. The molecule has 37 heavy (non-hydrogen) atoms. The van der Waals surface area contributed by atoms with Gasteiger partial charge in [-0.25, -0.2) is 18.7 Å². The number of aromatic nitrogens is 2. The van der Waals surface area contributed by atoms with Crippen LogP contribution in [0.5, 0.6) is 5.75 Å². The van der Waals surface area contributed by atoms with E-state index >= 15 is 0 Å². The summed E-state index contributed by atoms with van der Waals surface area (Å²) in [5, 5.41) is 22.5. The Morgan fingerprint density at radius 1 is 1.14 bits per heavy atom. The zero-order valence-electron chi connectivity index (χ0n) is 20.7. The first-order valence-corrected chi connectivity index (χ1v) is 11.9. The number of carbonyl (C=O) groups is 1. The monoisotopic (exact) mass is 508 g/mol. The Hall–Kier alpha value is -4.11. The highest BCUT2D eigenvalue weighted by molar-refractivity contribution is 5.80. The largest absolute Gasteiger partial charge is 0.507 e. The van der Waals surface area contributed by atoms with Crippen LogP contribution in [-0.2, 0) is 11.2 Å². The maximum Gasteiger partial charge on any atom is 0.250 e. The number of primary amides is 1. The Morgan fingerprint density at radius 3 is 2.51 bits per heavy atom. The smallest absolute Gasteiger partial charge is 0.250 e. The van der Waals surface area contributed by atoms with E-state index in [1.54, 1.807) is 0 Å². The Morgan fingerprint density at radius 2 is 1.86 bits per heavy atom. The lowest BCUT2D eigenvalue weighted by atomic mass is 10.1. The molecule has 5 N–H and O–H groups in total. The highest BCUT2D eigenvalue weighted by atomic mass is 19.1. The topological polar surface area (TPSA) is 121 Å². The van der Waals surface area contributed by atoms with Crippen molar-refractivity contribution < 1.29 is 23.8 Å². The lowest BCUT2D eigenvalue weighted by molar-refractivity contribution is -0.126. The number of aromatic hydroxyl groups is 1. The fourth-order valence-electron chi connectivity index (χ4n) is 3.56. The number of hydrogen-bond acceptors (Lipinski definition) is 6. The van der Waals surface area contributed by atoms with Crippen LogP contribution in [0.2, 0.25) is 0 Å². The second-order valence-corrected chi connectivity index (χ2v) is 8.51. The van der Waals surface area contributed by atoms with Crippen LogP contribution in [0, 0.1) is 11.6 Å². The molecule has 194 valence electrons. The average Bonchev–Trinajstić information content (AvgIpc) is 3.06. The molecule has 0 bridgehead atoms. The van der Waals surface area contributed by atoms with Crippen molar-refractivity contribution in [2.24, 2.45) is 5.73 Å². The van der Waals surface area contributed by atoms with Crippen LogP contribution in [0.25, 0.3) is 17.5 Å². The van der Waals surface area contributed by atoms with Crippen molar-refractivity contribution >= 4 is 17.8 Å². The van der Waals surface area contributed by atoms with Gasteiger partial charge in [0.15, 0.2) is 11.9 Å². The van der Waals surface area contributed by atoms with Gasteiger partial charge in [0.1, 0.15) is 23.2 Å². The van der Waals surface area contributed by atoms with Crippen molar-refractivity contribution in [3.63, 3.8) is 0 Å². The number of phenolic OH excluding ortho intramolecular Hbond substituents is 1. The van der Waals surface area contributed by atoms with E-state index < -0.39 is 23.6 Å². The van der Waals surface area contributed by atoms with Gasteiger partial charge in [0.25, 0.3) is 5.91 Å². The van der Waals surface area contributed by atoms with Gasteiger partial charge in [-0.1, -0.05) is 49.3 Å². The summed E-state index contributed by atoms with van der Waals surface area (Å²) >= 11 is 0. The first kappa shape index (κ1) is 27.5. The molecule has 0 fully saturated rings. The van der Waals surface area contributed by atoms with Gasteiger partial charge in [0.05, 0.1) is 11.3 Å². The molecule has 0 aliphatic heterocycles. The maximum atomic E-state index is 14.3. The molecule has 1 aromatic heterocycles. The summed E-state index contributed by atoms with van der Waals surface area (Å²) in [6, 6.07) is 9.14. The number of fused-ring (bicyclic) bond motifs is 1. The number of halogens is 2. The van der Waals surface area contributed by atoms with Crippen LogP contribution in [0.4, 0.5) is 14.6 Å². The summed E-state index contributed by atoms with van der Waals surface area (Å²) in [5.41, 5.74) is 8.04. The number of rotatable bonds is 7. The number of amides is 1. The van der Waals surface area contributed by atoms with E-state index in [0.29, 0.717) is 17.8 Å². The zero-order chi connectivity index (χ0) is 26.9. The fourth-order valence-corrected chi connectivity index (χ4v) is 3.56. The number of allylic oxidation sites excluding steroid dienone is 3. The van der Waals surface area contributed by atoms with E-state index in [2.05, 4.69) is 28.3 Å². The summed E-state index contributed by atoms with van der Waals surface area (Å²) in [7, 11) is 0. The van der Waals surface area contributed by atoms with Gasteiger partial charge in [-0.05, 0) is 49.2 Å². The highest BCUT2D eigenvalue weighted by Gasteiger charge is 2.19. The predicted molar refractivity (Wildman–Crippen MR) is 140 cm³/mol. The second kappa shape index (κ2) is 12.7. The minimum atomic E-state index is -1.36. The van der Waals surface area contributed by atoms with Gasteiger partial charge in [0, 0.05) is 18.5 Å². The molecule has 1 aliphatic rings. The van der Waals surface area contributed by atoms with Gasteiger partial charge in [-0.2, -0.15) is 0 Å². The molecule has 0 saturated heterocycles. The SMILES string of the molecule is CCCCNc1nc(-c2c(O)cccc2F)nc2c1C=CC(C)=CC2.NC(=O)C(O)c1ccc(F)cc1. The zero-order valence-corrected chi connectivity index (χ0v) is 20.7. The van der Waals surface area contributed by atoms with Crippen LogP contribution in [0.15, 0.2) is 60.2 Å². The summed E-state index contributed by atoms with van der Waals surface area (Å²) < 4.78 is 26.6. The van der Waals surface area contributed by atoms with Crippen LogP contribution in [0.1, 0.15) is 49.6 Å². The molecule has 9 heteroatoms. The minimum absolute atomic E-state index is 0.0396. The number of nitrogens with one attached hydrogen (secondary N) is 1. The molecular weight excluding hydrogens is 478 g/mol. The van der Waals surface area contributed by atoms with Crippen molar-refractivity contribution in [3.05, 3.63) is 88.6 Å². The molecular formula is C28H30F2N4O3. The molecule has 1 aliphatic carbocycles. The third-order valence-electron chi connectivity index (χ3n) is 5.65. The van der Waals surface area contributed by atoms with E-state index in [1.807, 2.05) is 19.1 Å². The molecule has 4 rings (SSSR count). The van der Waals surface area contributed by atoms with Gasteiger partial charge in [-0.3, -0.25) is 4.79 Å². The summed E-state index contributed by atoms with van der Waals surface area (Å²) in [4.78, 5) is 19.5. The van der Waals surface area contributed by atoms with Crippen molar-refractivity contribution in [2.45, 2.75) is 39.2 Å². The first-order valence-electron chi connectivity index (χ1n) is 11.9. The summed E-state index contributed by atoms with van der Waals surface area (Å²) in [6.45, 7) is 4.94. The van der Waals surface area contributed by atoms with Crippen LogP contribution < -0.4 is 11.1 Å². The maximum absolute atomic E-state index is 14.3. The number of nitrogens with two attached hydrogens (primary N) is 1. The van der Waals surface area contributed by atoms with Gasteiger partial charge in [-0.15, -0.1) is 0 Å². The molecule has 1 unspecified atom stereocenters. The fraction of sp³-hybridized carbons (Fsp3) is 0.250. The van der Waals surface area contributed by atoms with Crippen LogP contribution in [0.3, 0.4) is 0 Å². The molecule has 0 radical (unpaired) electrons. The van der Waals surface area contributed by atoms with Gasteiger partial charge < -0.3 is 21.3 Å². The molecule has 7 nitrogen and oxygen atoms in total. The molecule has 2 aromatic carbocycles. The number of phenols is 1. The number of nitrogens with zero attached hydrogens (tertiary/aromatic N) is 2. The van der Waals surface area contributed by atoms with Crippen molar-refractivity contribution in [3.8, 4) is 17.1 Å². The van der Waals surface area contributed by atoms with E-state index in [4.69, 9.17) is 10.8 Å². The summed E-state index contributed by atoms with van der Waals surface area (Å²) in [5.74, 6) is -1.08. The van der Waals surface area contributed by atoms with E-state index in [1.165, 1.54) is 30.3 Å². The molecule has 1 heterocycles. The Kier molecular flexibility index (Phi) is 9.45. The van der Waals surface area contributed by atoms with E-state index in [9.17, 15) is 18.7 Å². The standard InChI is InChI=1S/C20H22FN3O.C8H8FNO2/c1-3-4-12-22-19-14-10-8-13(2)9-11-16(14)23-20(24-19)18-15(21)6-5-7-17(18)25;9-6-3-1-5(2-4-6)7(11)8(10)12/h5-10,25H,3-4,11-12H2,1-2H3,(H,22,23,24);1-4,7,11H,(H2,10,12). The first-order chi connectivity index (χ1) is 17.7. The van der Waals surface area contributed by atoms with Crippen molar-refractivity contribution in [1.82, 2.24) is 9.97 Å². The Balaban J connectivity index is 0.000000266. The quantitative estimate of drug-likeness (QED) is 0.331. The number of aliphatic hydroxyl groups excluding tert-OH is 1. The third kappa shape index (κ3) is 7.20. The summed E-state index contributed by atoms with van der Waals surface area (Å²) in [6.07, 6.45) is 7.47. The average molecular weight is 509 g/mol. The highest BCUT2D eigenvalue weighted by Crippen LogP contribution is 2.32. The normalized spacial score (nSPS) is 12.9. The number of hydrogen-bond donors (Lipinski definition) is 4. The van der Waals surface area contributed by atoms with Crippen LogP contribution in [-0.4, -0.2) is 32.6 Å². The van der Waals surface area contributed by atoms with E-state index in [0.717, 1.165) is 48.3 Å². The lowest BCUT2D eigenvalue weighted by Gasteiger charge is -2.14. The second-order valence-electron chi connectivity index (χ2n) is 8.51. The van der Waals surface area contributed by atoms with Gasteiger partial charge >= 0.3 is 0 Å². The number of carbonyl (C=O) groups excluding carboxylic acids is 1. The molecule has 3 aromatic rings. The predicted octanol–water partition coefficient (Wildman–Crippen LogP) is 5.06. The number of unbranched alkanes of at least 4 members (excludes halogenated alkanes) is 1. The molecule has 0 saturated carbocycles. The Bertz CT molecular complexity index is 1290. The van der Waals surface area contributed by atoms with E-state index in [-0.39, 0.29) is 17.1 Å². The Labute approximate surface area is 214 Å². The minimum Gasteiger partial charge on any atom is -0.507 e. The molecule has 0 spiro atoms. The van der Waals surface area contributed by atoms with Crippen LogP contribution >= 0.6 is 0 Å². The number of aliphatic hydroxyl groups is 1. The van der Waals surface area contributed by atoms with Crippen molar-refractivity contribution in [1.29, 1.82) is 0 Å². The number of benzene rings is 2.